The number of aliphatic hydroxyl groups excluding tert-OH is 1. The molecule has 0 radical (unpaired) electrons. The van der Waals surface area contributed by atoms with Gasteiger partial charge in [0.25, 0.3) is 0 Å². The fourth-order valence-corrected chi connectivity index (χ4v) is 8.25. The van der Waals surface area contributed by atoms with Gasteiger partial charge in [-0.25, -0.2) is 14.8 Å². The normalized spacial score (nSPS) is 13.2. The van der Waals surface area contributed by atoms with Gasteiger partial charge in [0.1, 0.15) is 25.5 Å². The third kappa shape index (κ3) is 7.84. The summed E-state index contributed by atoms with van der Waals surface area (Å²) in [6.07, 6.45) is 2.06. The summed E-state index contributed by atoms with van der Waals surface area (Å²) in [4.78, 5) is 24.1. The maximum Gasteiger partial charge on any atom is 0.435 e. The molecule has 1 fully saturated rings. The zero-order valence-electron chi connectivity index (χ0n) is 30.6. The third-order valence-electron chi connectivity index (χ3n) is 7.80. The van der Waals surface area contributed by atoms with E-state index >= 15 is 0 Å². The Kier molecular flexibility index (Phi) is 10.9. The van der Waals surface area contributed by atoms with Gasteiger partial charge in [0.15, 0.2) is 11.6 Å². The number of aromatic nitrogens is 6. The van der Waals surface area contributed by atoms with Crippen molar-refractivity contribution in [2.75, 3.05) is 23.8 Å². The van der Waals surface area contributed by atoms with Gasteiger partial charge in [-0.3, -0.25) is 4.68 Å². The van der Waals surface area contributed by atoms with Gasteiger partial charge >= 0.3 is 6.09 Å². The Hall–Kier alpha value is -3.81. The summed E-state index contributed by atoms with van der Waals surface area (Å²) in [5.41, 5.74) is 5.61. The molecule has 49 heavy (non-hydrogen) atoms. The number of carbonyl (C=O) groups is 1. The molecule has 11 nitrogen and oxygen atoms in total. The van der Waals surface area contributed by atoms with E-state index in [1.807, 2.05) is 66.1 Å². The Balaban J connectivity index is 0.000000186. The van der Waals surface area contributed by atoms with Crippen molar-refractivity contribution >= 4 is 81.3 Å². The minimum absolute atomic E-state index is 0.0770. The summed E-state index contributed by atoms with van der Waals surface area (Å²) in [5, 5.41) is 27.4. The summed E-state index contributed by atoms with van der Waals surface area (Å²) in [6.45, 7) is 23.4. The van der Waals surface area contributed by atoms with Crippen LogP contribution in [0.3, 0.4) is 0 Å². The van der Waals surface area contributed by atoms with Crippen molar-refractivity contribution < 1.29 is 14.6 Å². The summed E-state index contributed by atoms with van der Waals surface area (Å²) in [6, 6.07) is 4.45. The van der Waals surface area contributed by atoms with E-state index in [0.717, 1.165) is 76.0 Å². The predicted molar refractivity (Wildman–Crippen MR) is 205 cm³/mol. The lowest BCUT2D eigenvalue weighted by Crippen LogP contribution is -2.27. The van der Waals surface area contributed by atoms with Crippen molar-refractivity contribution in [3.8, 4) is 0 Å². The van der Waals surface area contributed by atoms with E-state index in [9.17, 15) is 9.90 Å². The van der Waals surface area contributed by atoms with Crippen LogP contribution in [-0.4, -0.2) is 65.5 Å². The Bertz CT molecular complexity index is 2110. The number of ether oxygens (including phenoxy) is 1. The number of pyridine rings is 2. The van der Waals surface area contributed by atoms with E-state index in [1.54, 1.807) is 22.7 Å². The number of aryl methyl sites for hydroxylation is 4. The number of fused-ring (bicyclic) bond motifs is 6. The second-order valence-corrected chi connectivity index (χ2v) is 15.7. The number of anilines is 2. The quantitative estimate of drug-likeness (QED) is 0.149. The van der Waals surface area contributed by atoms with Crippen LogP contribution < -0.4 is 10.6 Å². The minimum Gasteiger partial charge on any atom is -0.442 e. The second-order valence-electron chi connectivity index (χ2n) is 13.7. The molecule has 6 aromatic heterocycles. The molecular formula is C36H50N8O3S2. The van der Waals surface area contributed by atoms with Crippen LogP contribution in [-0.2, 0) is 11.3 Å². The van der Waals surface area contributed by atoms with Gasteiger partial charge in [-0.15, -0.1) is 27.8 Å². The van der Waals surface area contributed by atoms with Crippen LogP contribution in [0.25, 0.3) is 40.9 Å². The molecule has 1 aliphatic carbocycles. The van der Waals surface area contributed by atoms with Crippen LogP contribution in [0.5, 0.6) is 0 Å². The van der Waals surface area contributed by atoms with Gasteiger partial charge in [-0.2, -0.15) is 9.78 Å². The van der Waals surface area contributed by atoms with Gasteiger partial charge in [-0.1, -0.05) is 13.8 Å². The number of nitrogens with zero attached hydrogens (tertiary/aromatic N) is 6. The highest BCUT2D eigenvalue weighted by Gasteiger charge is 2.28. The first kappa shape index (κ1) is 36.5. The molecule has 6 heterocycles. The molecule has 0 aliphatic heterocycles. The molecule has 6 aromatic rings. The first-order valence-corrected chi connectivity index (χ1v) is 18.8. The number of rotatable bonds is 7. The summed E-state index contributed by atoms with van der Waals surface area (Å²) in [7, 11) is 0. The number of carbonyl (C=O) groups excluding carboxylic acids is 1. The van der Waals surface area contributed by atoms with Crippen molar-refractivity contribution in [1.29, 1.82) is 0 Å². The van der Waals surface area contributed by atoms with Crippen molar-refractivity contribution in [3.63, 3.8) is 0 Å². The standard InChI is InChI=1S/C19H24N4O2S.C15H20N4OS.C2H6/c1-10-8-11(2)21-17-13(10)14-15(26-17)16(20-9-12-6-7-12)22-23(14)18(24)25-19(3,4)5;1-8(2)16-14-13-12(19(18-14)5-6-20)11-9(3)7-10(4)17-15(11)21-13;1-2/h8,12H,6-7,9H2,1-5H3,(H,20,22);7-8,20H,5-6H2,1-4H3,(H,16,18);1-2H3. The minimum atomic E-state index is -0.577. The molecule has 13 heteroatoms. The van der Waals surface area contributed by atoms with E-state index in [2.05, 4.69) is 57.6 Å². The Morgan fingerprint density at radius 2 is 1.49 bits per heavy atom. The summed E-state index contributed by atoms with van der Waals surface area (Å²) < 4.78 is 11.0. The lowest BCUT2D eigenvalue weighted by molar-refractivity contribution is 0.0523. The van der Waals surface area contributed by atoms with Gasteiger partial charge in [-0.05, 0) is 104 Å². The van der Waals surface area contributed by atoms with E-state index in [1.165, 1.54) is 23.1 Å². The van der Waals surface area contributed by atoms with E-state index in [0.29, 0.717) is 18.5 Å². The zero-order chi connectivity index (χ0) is 35.8. The molecule has 0 saturated heterocycles. The zero-order valence-corrected chi connectivity index (χ0v) is 32.2. The van der Waals surface area contributed by atoms with Crippen LogP contribution in [0.15, 0.2) is 12.1 Å². The van der Waals surface area contributed by atoms with Crippen LogP contribution in [0.4, 0.5) is 16.4 Å². The van der Waals surface area contributed by atoms with Crippen LogP contribution in [0.2, 0.25) is 0 Å². The maximum absolute atomic E-state index is 12.8. The number of thiophene rings is 2. The SMILES string of the molecule is CC.Cc1cc(C)c2c(n1)sc1c(NC(C)C)nn(CCO)c12.Cc1cc(C)c2c(n1)sc1c(NCC3CC3)nn(C(=O)OC(C)(C)C)c12. The molecule has 0 spiro atoms. The lowest BCUT2D eigenvalue weighted by atomic mass is 10.1. The lowest BCUT2D eigenvalue weighted by Gasteiger charge is -2.19. The third-order valence-corrected chi connectivity index (χ3v) is 9.96. The number of hydrogen-bond donors (Lipinski definition) is 3. The van der Waals surface area contributed by atoms with Crippen molar-refractivity contribution in [2.24, 2.45) is 5.92 Å². The largest absolute Gasteiger partial charge is 0.442 e. The number of nitrogens with one attached hydrogen (secondary N) is 2. The molecule has 0 amide bonds. The van der Waals surface area contributed by atoms with Crippen molar-refractivity contribution in [2.45, 2.75) is 107 Å². The first-order chi connectivity index (χ1) is 23.2. The fraction of sp³-hybridized carbons (Fsp3) is 0.528. The van der Waals surface area contributed by atoms with Crippen molar-refractivity contribution in [3.05, 3.63) is 34.6 Å². The first-order valence-electron chi connectivity index (χ1n) is 17.2. The van der Waals surface area contributed by atoms with E-state index in [4.69, 9.17) is 4.74 Å². The van der Waals surface area contributed by atoms with Crippen LogP contribution >= 0.6 is 22.7 Å². The molecule has 0 bridgehead atoms. The average Bonchev–Trinajstić information content (AvgIpc) is 3.32. The molecule has 1 aliphatic rings. The van der Waals surface area contributed by atoms with Gasteiger partial charge in [0.2, 0.25) is 0 Å². The summed E-state index contributed by atoms with van der Waals surface area (Å²) >= 11 is 3.25. The van der Waals surface area contributed by atoms with Crippen LogP contribution in [0, 0.1) is 33.6 Å². The van der Waals surface area contributed by atoms with Crippen LogP contribution in [0.1, 0.15) is 83.8 Å². The smallest absolute Gasteiger partial charge is 0.435 e. The highest BCUT2D eigenvalue weighted by atomic mass is 32.1. The van der Waals surface area contributed by atoms with E-state index in [-0.39, 0.29) is 6.61 Å². The molecule has 1 saturated carbocycles. The molecule has 7 rings (SSSR count). The number of aliphatic hydroxyl groups is 1. The summed E-state index contributed by atoms with van der Waals surface area (Å²) in [5.74, 6) is 2.35. The molecule has 3 N–H and O–H groups in total. The fourth-order valence-electron chi connectivity index (χ4n) is 5.77. The van der Waals surface area contributed by atoms with Gasteiger partial charge in [0, 0.05) is 34.7 Å². The molecular weight excluding hydrogens is 657 g/mol. The highest BCUT2D eigenvalue weighted by molar-refractivity contribution is 7.26. The topological polar surface area (TPSA) is 132 Å². The average molecular weight is 707 g/mol. The second kappa shape index (κ2) is 14.6. The Morgan fingerprint density at radius 3 is 2.00 bits per heavy atom. The molecule has 264 valence electrons. The van der Waals surface area contributed by atoms with Crippen molar-refractivity contribution in [1.82, 2.24) is 29.5 Å². The van der Waals surface area contributed by atoms with Gasteiger partial charge < -0.3 is 20.5 Å². The van der Waals surface area contributed by atoms with Gasteiger partial charge in [0.05, 0.1) is 23.4 Å². The number of hydrogen-bond acceptors (Lipinski definition) is 11. The monoisotopic (exact) mass is 706 g/mol. The molecule has 0 unspecified atom stereocenters. The highest BCUT2D eigenvalue weighted by Crippen LogP contribution is 2.41. The molecule has 0 aromatic carbocycles. The Labute approximate surface area is 296 Å². The Morgan fingerprint density at radius 1 is 0.939 bits per heavy atom. The predicted octanol–water partition coefficient (Wildman–Crippen LogP) is 8.97. The molecule has 0 atom stereocenters. The maximum atomic E-state index is 12.8. The van der Waals surface area contributed by atoms with E-state index < -0.39 is 11.7 Å².